The molecule has 4 N–H and O–H groups in total. The topological polar surface area (TPSA) is 168 Å². The first-order chi connectivity index (χ1) is 26.0. The van der Waals surface area contributed by atoms with E-state index < -0.39 is 23.9 Å². The number of rotatable bonds is 8. The molecule has 8 aromatic rings. The molecule has 0 saturated heterocycles. The van der Waals surface area contributed by atoms with Crippen LogP contribution in [0.25, 0.3) is 43.1 Å². The lowest BCUT2D eigenvalue weighted by molar-refractivity contribution is 0.0686. The van der Waals surface area contributed by atoms with Gasteiger partial charge in [-0.25, -0.2) is 19.2 Å². The Balaban J connectivity index is 0.000000167. The van der Waals surface area contributed by atoms with E-state index in [0.717, 1.165) is 21.5 Å². The van der Waals surface area contributed by atoms with Crippen LogP contribution in [0.3, 0.4) is 0 Å². The molecule has 0 aliphatic carbocycles. The van der Waals surface area contributed by atoms with Gasteiger partial charge in [0.2, 0.25) is 0 Å². The molecule has 0 amide bonds. The summed E-state index contributed by atoms with van der Waals surface area (Å²) in [6.07, 6.45) is 0. The second-order valence-corrected chi connectivity index (χ2v) is 12.2. The van der Waals surface area contributed by atoms with Gasteiger partial charge in [-0.15, -0.1) is 0 Å². The van der Waals surface area contributed by atoms with E-state index in [1.54, 1.807) is 121 Å². The van der Waals surface area contributed by atoms with Crippen LogP contribution >= 0.6 is 0 Å². The van der Waals surface area contributed by atoms with Crippen molar-refractivity contribution in [3.63, 3.8) is 0 Å². The van der Waals surface area contributed by atoms with Gasteiger partial charge in [-0.1, -0.05) is 72.8 Å². The van der Waals surface area contributed by atoms with Gasteiger partial charge >= 0.3 is 23.9 Å². The Hall–Kier alpha value is -7.72. The van der Waals surface area contributed by atoms with Crippen LogP contribution in [0, 0.1) is 0 Å². The maximum atomic E-state index is 11.4. The van der Waals surface area contributed by atoms with Crippen molar-refractivity contribution in [1.29, 1.82) is 0 Å². The lowest BCUT2D eigenvalue weighted by Gasteiger charge is -2.11. The highest BCUT2D eigenvalue weighted by Gasteiger charge is 2.14. The molecule has 264 valence electrons. The van der Waals surface area contributed by atoms with Crippen molar-refractivity contribution in [2.24, 2.45) is 0 Å². The zero-order valence-corrected chi connectivity index (χ0v) is 28.1. The Labute approximate surface area is 306 Å². The zero-order chi connectivity index (χ0) is 37.9. The first kappa shape index (κ1) is 34.7. The van der Waals surface area contributed by atoms with Crippen LogP contribution in [0.15, 0.2) is 146 Å². The van der Waals surface area contributed by atoms with Gasteiger partial charge in [-0.05, 0) is 105 Å². The Morgan fingerprint density at radius 1 is 0.352 bits per heavy atom. The van der Waals surface area contributed by atoms with E-state index in [1.165, 1.54) is 0 Å². The summed E-state index contributed by atoms with van der Waals surface area (Å²) in [5.74, 6) is -1.65. The fraction of sp³-hybridized carbons (Fsp3) is 0. The molecule has 0 bridgehead atoms. The van der Waals surface area contributed by atoms with Crippen LogP contribution in [0.2, 0.25) is 0 Å². The first-order valence-corrected chi connectivity index (χ1v) is 16.5. The summed E-state index contributed by atoms with van der Waals surface area (Å²) in [5, 5.41) is 42.8. The third-order valence-corrected chi connectivity index (χ3v) is 8.80. The molecule has 0 aliphatic rings. The van der Waals surface area contributed by atoms with Gasteiger partial charge in [0.1, 0.15) is 23.0 Å². The van der Waals surface area contributed by atoms with Crippen molar-refractivity contribution in [1.82, 2.24) is 0 Å². The van der Waals surface area contributed by atoms with Gasteiger partial charge in [0.15, 0.2) is 0 Å². The van der Waals surface area contributed by atoms with Crippen molar-refractivity contribution >= 4 is 67.0 Å². The molecule has 8 rings (SSSR count). The molecule has 0 saturated carbocycles. The van der Waals surface area contributed by atoms with E-state index >= 15 is 0 Å². The lowest BCUT2D eigenvalue weighted by Crippen LogP contribution is -1.97. The normalized spacial score (nSPS) is 10.8. The number of fused-ring (bicyclic) bond motifs is 4. The van der Waals surface area contributed by atoms with E-state index in [-0.39, 0.29) is 22.3 Å². The van der Waals surface area contributed by atoms with E-state index in [0.29, 0.717) is 44.5 Å². The van der Waals surface area contributed by atoms with Gasteiger partial charge in [-0.3, -0.25) is 0 Å². The van der Waals surface area contributed by atoms with Gasteiger partial charge < -0.3 is 29.9 Å². The summed E-state index contributed by atoms with van der Waals surface area (Å²) >= 11 is 0. The lowest BCUT2D eigenvalue weighted by atomic mass is 10.0. The second-order valence-electron chi connectivity index (χ2n) is 12.2. The predicted octanol–water partition coefficient (Wildman–Crippen LogP) is 10.4. The van der Waals surface area contributed by atoms with E-state index in [2.05, 4.69) is 0 Å². The van der Waals surface area contributed by atoms with Gasteiger partial charge in [0.05, 0.1) is 22.3 Å². The minimum Gasteiger partial charge on any atom is -0.478 e. The number of aromatic carboxylic acids is 4. The second kappa shape index (κ2) is 14.5. The molecule has 0 aliphatic heterocycles. The third-order valence-electron chi connectivity index (χ3n) is 8.80. The summed E-state index contributed by atoms with van der Waals surface area (Å²) in [6, 6.07) is 41.2. The number of benzene rings is 8. The summed E-state index contributed by atoms with van der Waals surface area (Å²) in [7, 11) is 0. The van der Waals surface area contributed by atoms with Gasteiger partial charge in [0, 0.05) is 10.8 Å². The van der Waals surface area contributed by atoms with Crippen LogP contribution in [0.1, 0.15) is 41.4 Å². The molecule has 10 heteroatoms. The minimum atomic E-state index is -0.988. The maximum Gasteiger partial charge on any atom is 0.336 e. The highest BCUT2D eigenvalue weighted by Crippen LogP contribution is 2.35. The fourth-order valence-electron chi connectivity index (χ4n) is 6.21. The Morgan fingerprint density at radius 2 is 0.704 bits per heavy atom. The Bertz CT molecular complexity index is 2610. The third kappa shape index (κ3) is 7.07. The van der Waals surface area contributed by atoms with Crippen molar-refractivity contribution in [2.75, 3.05) is 0 Å². The Kier molecular flexibility index (Phi) is 9.31. The molecule has 0 aromatic heterocycles. The minimum absolute atomic E-state index is 0.220. The number of ether oxygens (including phenoxy) is 2. The van der Waals surface area contributed by atoms with E-state index in [9.17, 15) is 29.4 Å². The maximum absolute atomic E-state index is 11.4. The van der Waals surface area contributed by atoms with E-state index in [1.807, 2.05) is 24.3 Å². The number of carboxylic acids is 4. The molecule has 10 nitrogen and oxygen atoms in total. The fourth-order valence-corrected chi connectivity index (χ4v) is 6.21. The van der Waals surface area contributed by atoms with Crippen molar-refractivity contribution in [2.45, 2.75) is 0 Å². The summed E-state index contributed by atoms with van der Waals surface area (Å²) in [4.78, 5) is 45.0. The molecule has 8 aromatic carbocycles. The van der Waals surface area contributed by atoms with Crippen LogP contribution in [-0.4, -0.2) is 44.3 Å². The monoisotopic (exact) mass is 716 g/mol. The van der Waals surface area contributed by atoms with Crippen molar-refractivity contribution < 1.29 is 49.1 Å². The summed E-state index contributed by atoms with van der Waals surface area (Å²) in [5.41, 5.74) is 0.896. The van der Waals surface area contributed by atoms with Gasteiger partial charge in [0.25, 0.3) is 0 Å². The molecule has 0 atom stereocenters. The zero-order valence-electron chi connectivity index (χ0n) is 28.1. The van der Waals surface area contributed by atoms with Crippen LogP contribution in [0.5, 0.6) is 23.0 Å². The molecular formula is C44H28O10. The number of carbonyl (C=O) groups is 4. The summed E-state index contributed by atoms with van der Waals surface area (Å²) < 4.78 is 12.0. The first-order valence-electron chi connectivity index (χ1n) is 16.5. The van der Waals surface area contributed by atoms with Crippen molar-refractivity contribution in [3.8, 4) is 23.0 Å². The standard InChI is InChI=1S/2C22H14O5/c2*23-21(24)15-8-7-14-12-16(10-9-13(14)11-15)27-20-6-2-3-17-18(20)4-1-5-19(17)22(25)26/h2*1-12H,(H,23,24)(H,25,26). The quantitative estimate of drug-likeness (QED) is 0.119. The number of hydrogen-bond donors (Lipinski definition) is 4. The largest absolute Gasteiger partial charge is 0.478 e. The number of carboxylic acid groups (broad SMARTS) is 4. The average Bonchev–Trinajstić information content (AvgIpc) is 3.17. The predicted molar refractivity (Wildman–Crippen MR) is 204 cm³/mol. The SMILES string of the molecule is O=C(O)c1ccc2cc(Oc3cccc4c(C(=O)O)cccc34)ccc2c1.O=C(O)c1ccc2cc(Oc3cccc4c(C(=O)O)cccc34)ccc2c1. The van der Waals surface area contributed by atoms with E-state index in [4.69, 9.17) is 19.7 Å². The average molecular weight is 717 g/mol. The van der Waals surface area contributed by atoms with Crippen LogP contribution in [0.4, 0.5) is 0 Å². The van der Waals surface area contributed by atoms with Crippen molar-refractivity contribution in [3.05, 3.63) is 168 Å². The Morgan fingerprint density at radius 3 is 1.09 bits per heavy atom. The smallest absolute Gasteiger partial charge is 0.336 e. The molecule has 0 fully saturated rings. The molecule has 0 unspecified atom stereocenters. The summed E-state index contributed by atoms with van der Waals surface area (Å²) in [6.45, 7) is 0. The molecule has 0 heterocycles. The molecule has 54 heavy (non-hydrogen) atoms. The molecule has 0 spiro atoms. The highest BCUT2D eigenvalue weighted by molar-refractivity contribution is 6.06. The molecular weight excluding hydrogens is 688 g/mol. The van der Waals surface area contributed by atoms with Crippen LogP contribution < -0.4 is 9.47 Å². The highest BCUT2D eigenvalue weighted by atomic mass is 16.5. The van der Waals surface area contributed by atoms with Crippen LogP contribution in [-0.2, 0) is 0 Å². The number of hydrogen-bond acceptors (Lipinski definition) is 6. The van der Waals surface area contributed by atoms with Gasteiger partial charge in [-0.2, -0.15) is 0 Å². The molecule has 0 radical (unpaired) electrons.